The van der Waals surface area contributed by atoms with Crippen molar-refractivity contribution in [1.29, 1.82) is 0 Å². The number of nitrogens with one attached hydrogen (secondary N) is 1. The van der Waals surface area contributed by atoms with Gasteiger partial charge in [-0.25, -0.2) is 0 Å². The van der Waals surface area contributed by atoms with E-state index in [1.54, 1.807) is 0 Å². The number of carbonyl (C=O) groups is 1. The summed E-state index contributed by atoms with van der Waals surface area (Å²) in [5, 5.41) is 64.8. The molecular weight excluding hydrogens is 650 g/mol. The summed E-state index contributed by atoms with van der Waals surface area (Å²) in [7, 11) is 0. The highest BCUT2D eigenvalue weighted by molar-refractivity contribution is 5.76. The summed E-state index contributed by atoms with van der Waals surface area (Å²) in [6, 6.07) is -0.982. The molecule has 51 heavy (non-hydrogen) atoms. The lowest BCUT2D eigenvalue weighted by Gasteiger charge is -2.40. The molecule has 1 heterocycles. The van der Waals surface area contributed by atoms with E-state index < -0.39 is 55.6 Å². The SMILES string of the molecule is CCCCCCCCCCCCCCCCCCCCC(=O)N[C@@H](CO[C@@H]1O[C@H](CO)[C@@H](O)C(O)C1O)[C@H](O)[C@H](O)CCCCCCCCCC. The van der Waals surface area contributed by atoms with Gasteiger partial charge in [0.1, 0.15) is 30.5 Å². The quantitative estimate of drug-likeness (QED) is 0.0341. The van der Waals surface area contributed by atoms with Crippen molar-refractivity contribution in [3.63, 3.8) is 0 Å². The average Bonchev–Trinajstić information content (AvgIpc) is 3.13. The Balaban J connectivity index is 2.36. The van der Waals surface area contributed by atoms with Crippen LogP contribution in [0.15, 0.2) is 0 Å². The van der Waals surface area contributed by atoms with Crippen LogP contribution in [0, 0.1) is 0 Å². The maximum Gasteiger partial charge on any atom is 0.220 e. The van der Waals surface area contributed by atoms with Gasteiger partial charge in [0, 0.05) is 6.42 Å². The van der Waals surface area contributed by atoms with Gasteiger partial charge >= 0.3 is 0 Å². The van der Waals surface area contributed by atoms with E-state index in [-0.39, 0.29) is 18.9 Å². The molecule has 1 amide bonds. The van der Waals surface area contributed by atoms with E-state index in [9.17, 15) is 35.4 Å². The summed E-state index contributed by atoms with van der Waals surface area (Å²) >= 11 is 0. The Morgan fingerprint density at radius 1 is 0.608 bits per heavy atom. The van der Waals surface area contributed by atoms with E-state index in [0.29, 0.717) is 6.42 Å². The lowest BCUT2D eigenvalue weighted by atomic mass is 9.98. The molecule has 1 aliphatic heterocycles. The zero-order valence-electron chi connectivity index (χ0n) is 32.7. The third-order valence-electron chi connectivity index (χ3n) is 10.6. The molecule has 1 aliphatic rings. The Morgan fingerprint density at radius 3 is 1.45 bits per heavy atom. The summed E-state index contributed by atoms with van der Waals surface area (Å²) in [4.78, 5) is 12.9. The highest BCUT2D eigenvalue weighted by atomic mass is 16.7. The molecule has 8 atom stereocenters. The molecule has 10 heteroatoms. The van der Waals surface area contributed by atoms with Gasteiger partial charge in [-0.15, -0.1) is 0 Å². The molecule has 0 aromatic rings. The van der Waals surface area contributed by atoms with Gasteiger partial charge in [0.15, 0.2) is 6.29 Å². The van der Waals surface area contributed by atoms with Crippen molar-refractivity contribution < 1.29 is 44.9 Å². The van der Waals surface area contributed by atoms with E-state index >= 15 is 0 Å². The number of aliphatic hydroxyl groups excluding tert-OH is 6. The first kappa shape index (κ1) is 48.2. The molecule has 0 radical (unpaired) electrons. The molecule has 1 saturated heterocycles. The first-order chi connectivity index (χ1) is 24.8. The van der Waals surface area contributed by atoms with Crippen LogP contribution in [0.4, 0.5) is 0 Å². The first-order valence-corrected chi connectivity index (χ1v) is 21.3. The van der Waals surface area contributed by atoms with Crippen molar-refractivity contribution in [3.8, 4) is 0 Å². The normalized spacial score (nSPS) is 22.5. The van der Waals surface area contributed by atoms with Crippen molar-refractivity contribution in [3.05, 3.63) is 0 Å². The number of aliphatic hydroxyl groups is 6. The minimum absolute atomic E-state index is 0.257. The number of hydrogen-bond donors (Lipinski definition) is 7. The maximum atomic E-state index is 12.9. The van der Waals surface area contributed by atoms with Gasteiger partial charge in [0.2, 0.25) is 5.91 Å². The molecule has 0 saturated carbocycles. The molecule has 7 N–H and O–H groups in total. The summed E-state index contributed by atoms with van der Waals surface area (Å²) in [6.45, 7) is 3.57. The van der Waals surface area contributed by atoms with Gasteiger partial charge in [-0.2, -0.15) is 0 Å². The molecule has 1 rings (SSSR count). The van der Waals surface area contributed by atoms with Crippen LogP contribution in [0.5, 0.6) is 0 Å². The van der Waals surface area contributed by atoms with E-state index in [2.05, 4.69) is 19.2 Å². The monoisotopic (exact) mass is 732 g/mol. The molecule has 10 nitrogen and oxygen atoms in total. The average molecular weight is 732 g/mol. The third kappa shape index (κ3) is 23.5. The van der Waals surface area contributed by atoms with Gasteiger partial charge in [-0.05, 0) is 12.8 Å². The fraction of sp³-hybridized carbons (Fsp3) is 0.976. The zero-order valence-corrected chi connectivity index (χ0v) is 32.7. The van der Waals surface area contributed by atoms with Crippen molar-refractivity contribution in [2.45, 2.75) is 243 Å². The van der Waals surface area contributed by atoms with E-state index in [1.807, 2.05) is 0 Å². The number of amides is 1. The Labute approximate surface area is 311 Å². The minimum atomic E-state index is -1.60. The summed E-state index contributed by atoms with van der Waals surface area (Å²) in [6.07, 6.45) is 22.7. The number of rotatable bonds is 35. The van der Waals surface area contributed by atoms with Gasteiger partial charge < -0.3 is 45.4 Å². The molecule has 0 aliphatic carbocycles. The Morgan fingerprint density at radius 2 is 1.02 bits per heavy atom. The molecule has 0 spiro atoms. The van der Waals surface area contributed by atoms with Gasteiger partial charge in [-0.3, -0.25) is 4.79 Å². The van der Waals surface area contributed by atoms with Crippen LogP contribution < -0.4 is 5.32 Å². The first-order valence-electron chi connectivity index (χ1n) is 21.3. The van der Waals surface area contributed by atoms with Crippen LogP contribution in [-0.2, 0) is 14.3 Å². The second-order valence-electron chi connectivity index (χ2n) is 15.3. The van der Waals surface area contributed by atoms with Gasteiger partial charge in [0.05, 0.1) is 25.4 Å². The molecule has 304 valence electrons. The van der Waals surface area contributed by atoms with Crippen LogP contribution in [-0.4, -0.2) is 98.7 Å². The van der Waals surface area contributed by atoms with Crippen LogP contribution in [0.2, 0.25) is 0 Å². The zero-order chi connectivity index (χ0) is 37.5. The van der Waals surface area contributed by atoms with Gasteiger partial charge in [0.25, 0.3) is 0 Å². The van der Waals surface area contributed by atoms with Crippen LogP contribution in [0.3, 0.4) is 0 Å². The van der Waals surface area contributed by atoms with E-state index in [4.69, 9.17) is 9.47 Å². The van der Waals surface area contributed by atoms with E-state index in [0.717, 1.165) is 44.9 Å². The van der Waals surface area contributed by atoms with Crippen LogP contribution in [0.25, 0.3) is 0 Å². The Bertz CT molecular complexity index is 788. The number of unbranched alkanes of at least 4 members (excludes halogenated alkanes) is 24. The second kappa shape index (κ2) is 32.6. The smallest absolute Gasteiger partial charge is 0.220 e. The number of ether oxygens (including phenoxy) is 2. The summed E-state index contributed by atoms with van der Waals surface area (Å²) in [5.74, 6) is -0.257. The molecular formula is C41H81NO9. The van der Waals surface area contributed by atoms with Crippen LogP contribution >= 0.6 is 0 Å². The van der Waals surface area contributed by atoms with Gasteiger partial charge in [-0.1, -0.05) is 174 Å². The number of carbonyl (C=O) groups excluding carboxylic acids is 1. The molecule has 0 bridgehead atoms. The van der Waals surface area contributed by atoms with Crippen LogP contribution in [0.1, 0.15) is 194 Å². The molecule has 1 fully saturated rings. The fourth-order valence-corrected chi connectivity index (χ4v) is 7.02. The predicted octanol–water partition coefficient (Wildman–Crippen LogP) is 6.97. The summed E-state index contributed by atoms with van der Waals surface area (Å²) < 4.78 is 11.1. The van der Waals surface area contributed by atoms with Crippen molar-refractivity contribution in [2.75, 3.05) is 13.2 Å². The molecule has 2 unspecified atom stereocenters. The number of hydrogen-bond acceptors (Lipinski definition) is 9. The topological polar surface area (TPSA) is 169 Å². The molecule has 0 aromatic carbocycles. The maximum absolute atomic E-state index is 12.9. The lowest BCUT2D eigenvalue weighted by Crippen LogP contribution is -2.60. The highest BCUT2D eigenvalue weighted by Crippen LogP contribution is 2.23. The largest absolute Gasteiger partial charge is 0.394 e. The standard InChI is InChI=1S/C41H81NO9/c1-3-5-7-9-11-13-14-15-16-17-18-19-20-21-22-24-26-28-30-36(45)42-33(32-50-41-40(49)39(48)38(47)35(31-43)51-41)37(46)34(44)29-27-25-23-12-10-8-6-4-2/h33-35,37-41,43-44,46-49H,3-32H2,1-2H3,(H,42,45)/t33-,34+,35+,37-,38+,39?,40?,41+/m0/s1. The molecule has 0 aromatic heterocycles. The highest BCUT2D eigenvalue weighted by Gasteiger charge is 2.44. The van der Waals surface area contributed by atoms with Crippen molar-refractivity contribution in [2.24, 2.45) is 0 Å². The fourth-order valence-electron chi connectivity index (χ4n) is 7.02. The second-order valence-corrected chi connectivity index (χ2v) is 15.3. The minimum Gasteiger partial charge on any atom is -0.394 e. The predicted molar refractivity (Wildman–Crippen MR) is 204 cm³/mol. The van der Waals surface area contributed by atoms with Crippen molar-refractivity contribution >= 4 is 5.91 Å². The Hall–Kier alpha value is -0.850. The summed E-state index contributed by atoms with van der Waals surface area (Å²) in [5.41, 5.74) is 0. The third-order valence-corrected chi connectivity index (χ3v) is 10.6. The van der Waals surface area contributed by atoms with E-state index in [1.165, 1.54) is 122 Å². The van der Waals surface area contributed by atoms with Crippen molar-refractivity contribution in [1.82, 2.24) is 5.32 Å². The lowest BCUT2D eigenvalue weighted by molar-refractivity contribution is -0.303. The Kier molecular flexibility index (Phi) is 30.8.